The summed E-state index contributed by atoms with van der Waals surface area (Å²) in [6.07, 6.45) is 0. The van der Waals surface area contributed by atoms with Crippen LogP contribution in [-0.2, 0) is 4.79 Å². The molecule has 1 aromatic heterocycles. The third-order valence-electron chi connectivity index (χ3n) is 1.83. The molecule has 3 heteroatoms. The number of aliphatic hydroxyl groups excluding tert-OH is 1. The lowest BCUT2D eigenvalue weighted by atomic mass is 10.0. The molecule has 0 atom stereocenters. The number of thiophene rings is 1. The molecule has 0 fully saturated rings. The first-order chi connectivity index (χ1) is 6.54. The third-order valence-corrected chi connectivity index (χ3v) is 2.76. The van der Waals surface area contributed by atoms with Crippen molar-refractivity contribution < 1.29 is 9.90 Å². The van der Waals surface area contributed by atoms with Crippen molar-refractivity contribution in [3.63, 3.8) is 0 Å². The average molecular weight is 208 g/mol. The highest BCUT2D eigenvalue weighted by Gasteiger charge is 2.14. The number of Topliss-reactive ketones (excluding diaryl/α,β-unsaturated/α-hetero) is 1. The molecule has 0 aliphatic rings. The van der Waals surface area contributed by atoms with E-state index in [0.29, 0.717) is 11.1 Å². The molecule has 0 spiro atoms. The Morgan fingerprint density at radius 2 is 2.14 bits per heavy atom. The third kappa shape index (κ3) is 2.12. The van der Waals surface area contributed by atoms with Gasteiger partial charge in [0.1, 0.15) is 5.76 Å². The van der Waals surface area contributed by atoms with E-state index >= 15 is 0 Å². The van der Waals surface area contributed by atoms with Gasteiger partial charge in [-0.2, -0.15) is 0 Å². The number of carbonyl (C=O) groups excluding carboxylic acids is 1. The van der Waals surface area contributed by atoms with Crippen molar-refractivity contribution in [2.75, 3.05) is 0 Å². The Hall–Kier alpha value is -1.35. The first-order valence-corrected chi connectivity index (χ1v) is 5.06. The van der Waals surface area contributed by atoms with Crippen LogP contribution in [0.15, 0.2) is 35.4 Å². The van der Waals surface area contributed by atoms with E-state index in [4.69, 9.17) is 0 Å². The highest BCUT2D eigenvalue weighted by atomic mass is 32.1. The van der Waals surface area contributed by atoms with Gasteiger partial charge in [0.25, 0.3) is 0 Å². The summed E-state index contributed by atoms with van der Waals surface area (Å²) in [6, 6.07) is 3.76. The molecule has 0 amide bonds. The summed E-state index contributed by atoms with van der Waals surface area (Å²) in [5.41, 5.74) is 0.903. The van der Waals surface area contributed by atoms with Gasteiger partial charge in [-0.1, -0.05) is 12.6 Å². The van der Waals surface area contributed by atoms with E-state index in [-0.39, 0.29) is 11.5 Å². The topological polar surface area (TPSA) is 37.3 Å². The highest BCUT2D eigenvalue weighted by molar-refractivity contribution is 7.11. The van der Waals surface area contributed by atoms with Gasteiger partial charge in [0.2, 0.25) is 0 Å². The van der Waals surface area contributed by atoms with Crippen LogP contribution in [-0.4, -0.2) is 10.9 Å². The maximum Gasteiger partial charge on any atom is 0.163 e. The van der Waals surface area contributed by atoms with Gasteiger partial charge in [-0.25, -0.2) is 0 Å². The lowest BCUT2D eigenvalue weighted by Crippen LogP contribution is -2.01. The van der Waals surface area contributed by atoms with Crippen LogP contribution in [0, 0.1) is 0 Å². The highest BCUT2D eigenvalue weighted by Crippen LogP contribution is 2.27. The summed E-state index contributed by atoms with van der Waals surface area (Å²) in [7, 11) is 0. The molecular weight excluding hydrogens is 196 g/mol. The quantitative estimate of drug-likeness (QED) is 0.470. The molecule has 1 heterocycles. The van der Waals surface area contributed by atoms with E-state index in [2.05, 4.69) is 6.58 Å². The van der Waals surface area contributed by atoms with Crippen LogP contribution >= 0.6 is 11.3 Å². The van der Waals surface area contributed by atoms with Crippen molar-refractivity contribution >= 4 is 22.7 Å². The Labute approximate surface area is 87.2 Å². The van der Waals surface area contributed by atoms with E-state index in [0.717, 1.165) is 4.88 Å². The van der Waals surface area contributed by atoms with Crippen LogP contribution in [0.25, 0.3) is 5.57 Å². The van der Waals surface area contributed by atoms with E-state index < -0.39 is 0 Å². The first kappa shape index (κ1) is 10.7. The zero-order chi connectivity index (χ0) is 10.7. The molecule has 1 rings (SSSR count). The van der Waals surface area contributed by atoms with Gasteiger partial charge in [-0.15, -0.1) is 11.3 Å². The summed E-state index contributed by atoms with van der Waals surface area (Å²) in [4.78, 5) is 12.2. The van der Waals surface area contributed by atoms with E-state index in [1.165, 1.54) is 25.2 Å². The number of aliphatic hydroxyl groups is 1. The minimum Gasteiger partial charge on any atom is -0.512 e. The zero-order valence-corrected chi connectivity index (χ0v) is 9.02. The van der Waals surface area contributed by atoms with Gasteiger partial charge in [0, 0.05) is 4.88 Å². The summed E-state index contributed by atoms with van der Waals surface area (Å²) >= 11 is 1.50. The van der Waals surface area contributed by atoms with Gasteiger partial charge < -0.3 is 5.11 Å². The lowest BCUT2D eigenvalue weighted by Gasteiger charge is -2.06. The van der Waals surface area contributed by atoms with Gasteiger partial charge in [-0.3, -0.25) is 4.79 Å². The van der Waals surface area contributed by atoms with Gasteiger partial charge in [-0.05, 0) is 30.9 Å². The monoisotopic (exact) mass is 208 g/mol. The molecule has 0 aliphatic heterocycles. The molecule has 0 unspecified atom stereocenters. The van der Waals surface area contributed by atoms with Crippen LogP contribution in [0.5, 0.6) is 0 Å². The number of hydrogen-bond acceptors (Lipinski definition) is 3. The van der Waals surface area contributed by atoms with Crippen molar-refractivity contribution in [3.8, 4) is 0 Å². The second-order valence-corrected chi connectivity index (χ2v) is 3.92. The van der Waals surface area contributed by atoms with Gasteiger partial charge >= 0.3 is 0 Å². The molecule has 0 aromatic carbocycles. The minimum absolute atomic E-state index is 0.0240. The molecule has 1 N–H and O–H groups in total. The maximum absolute atomic E-state index is 11.2. The molecule has 0 saturated carbocycles. The largest absolute Gasteiger partial charge is 0.512 e. The molecule has 14 heavy (non-hydrogen) atoms. The smallest absolute Gasteiger partial charge is 0.163 e. The van der Waals surface area contributed by atoms with E-state index in [1.54, 1.807) is 0 Å². The maximum atomic E-state index is 11.2. The Morgan fingerprint density at radius 3 is 2.50 bits per heavy atom. The fraction of sp³-hybridized carbons (Fsp3) is 0.182. The van der Waals surface area contributed by atoms with Crippen LogP contribution in [0.2, 0.25) is 0 Å². The van der Waals surface area contributed by atoms with Crippen molar-refractivity contribution in [3.05, 3.63) is 40.3 Å². The predicted octanol–water partition coefficient (Wildman–Crippen LogP) is 3.18. The number of carbonyl (C=O) groups is 1. The Balaban J connectivity index is 3.11. The normalized spacial score (nSPS) is 12.1. The molecular formula is C11H12O2S. The summed E-state index contributed by atoms with van der Waals surface area (Å²) in [5, 5.41) is 11.3. The molecule has 0 bridgehead atoms. The SMILES string of the molecule is C=C(/C(C(C)=O)=C(\C)O)c1cccs1. The summed E-state index contributed by atoms with van der Waals surface area (Å²) < 4.78 is 0. The number of rotatable bonds is 3. The molecule has 74 valence electrons. The van der Waals surface area contributed by atoms with Crippen molar-refractivity contribution in [1.82, 2.24) is 0 Å². The number of ketones is 1. The van der Waals surface area contributed by atoms with Crippen LogP contribution < -0.4 is 0 Å². The standard InChI is InChI=1S/C11H12O2S/c1-7(10-5-4-6-14-10)11(8(2)12)9(3)13/h4-6,12H,1H2,2-3H3/b11-8-. The molecule has 0 saturated heterocycles. The van der Waals surface area contributed by atoms with Crippen molar-refractivity contribution in [1.29, 1.82) is 0 Å². The Bertz CT molecular complexity index is 381. The van der Waals surface area contributed by atoms with Gasteiger partial charge in [0.05, 0.1) is 5.57 Å². The van der Waals surface area contributed by atoms with Crippen LogP contribution in [0.1, 0.15) is 18.7 Å². The molecule has 2 nitrogen and oxygen atoms in total. The second kappa shape index (κ2) is 4.24. The zero-order valence-electron chi connectivity index (χ0n) is 8.20. The fourth-order valence-corrected chi connectivity index (χ4v) is 1.96. The first-order valence-electron chi connectivity index (χ1n) is 4.18. The second-order valence-electron chi connectivity index (χ2n) is 2.97. The fourth-order valence-electron chi connectivity index (χ4n) is 1.26. The van der Waals surface area contributed by atoms with Crippen molar-refractivity contribution in [2.24, 2.45) is 0 Å². The number of allylic oxidation sites excluding steroid dienone is 3. The van der Waals surface area contributed by atoms with Crippen LogP contribution in [0.4, 0.5) is 0 Å². The minimum atomic E-state index is -0.164. The van der Waals surface area contributed by atoms with E-state index in [9.17, 15) is 9.90 Å². The van der Waals surface area contributed by atoms with E-state index in [1.807, 2.05) is 17.5 Å². The molecule has 0 aliphatic carbocycles. The van der Waals surface area contributed by atoms with Gasteiger partial charge in [0.15, 0.2) is 5.78 Å². The summed E-state index contributed by atoms with van der Waals surface area (Å²) in [6.45, 7) is 6.73. The average Bonchev–Trinajstić information content (AvgIpc) is 2.53. The molecule has 1 aromatic rings. The van der Waals surface area contributed by atoms with Crippen LogP contribution in [0.3, 0.4) is 0 Å². The molecule has 0 radical (unpaired) electrons. The Morgan fingerprint density at radius 1 is 1.50 bits per heavy atom. The van der Waals surface area contributed by atoms with Crippen molar-refractivity contribution in [2.45, 2.75) is 13.8 Å². The Kier molecular flexibility index (Phi) is 3.25. The number of hydrogen-bond donors (Lipinski definition) is 1. The predicted molar refractivity (Wildman–Crippen MR) is 59.4 cm³/mol. The lowest BCUT2D eigenvalue weighted by molar-refractivity contribution is -0.113. The summed E-state index contributed by atoms with van der Waals surface area (Å²) in [5.74, 6) is -0.140.